The Kier molecular flexibility index (Phi) is 7.50. The number of benzene rings is 1. The molecule has 0 aliphatic carbocycles. The molecule has 104 valence electrons. The molecule has 1 rings (SSSR count). The molecule has 1 aromatic carbocycles. The average molecular weight is 260 g/mol. The zero-order valence-electron chi connectivity index (χ0n) is 12.4. The van der Waals surface area contributed by atoms with Gasteiger partial charge in [0, 0.05) is 6.08 Å². The van der Waals surface area contributed by atoms with Crippen molar-refractivity contribution in [3.63, 3.8) is 0 Å². The second-order valence-corrected chi connectivity index (χ2v) is 5.00. The van der Waals surface area contributed by atoms with E-state index < -0.39 is 0 Å². The molecular formula is C17H24O2. The van der Waals surface area contributed by atoms with Gasteiger partial charge in [-0.3, -0.25) is 0 Å². The van der Waals surface area contributed by atoms with Gasteiger partial charge in [-0.25, -0.2) is 4.79 Å². The minimum absolute atomic E-state index is 0.213. The molecule has 0 heterocycles. The summed E-state index contributed by atoms with van der Waals surface area (Å²) < 4.78 is 4.43. The van der Waals surface area contributed by atoms with Gasteiger partial charge in [0.15, 0.2) is 0 Å². The Morgan fingerprint density at radius 1 is 1.26 bits per heavy atom. The van der Waals surface area contributed by atoms with E-state index in [1.807, 2.05) is 12.1 Å². The Balaban J connectivity index is 0.000000399. The fraction of sp³-hybridized carbons (Fsp3) is 0.353. The van der Waals surface area contributed by atoms with Crippen molar-refractivity contribution in [2.45, 2.75) is 33.1 Å². The van der Waals surface area contributed by atoms with Gasteiger partial charge in [0.1, 0.15) is 0 Å². The van der Waals surface area contributed by atoms with Gasteiger partial charge < -0.3 is 4.74 Å². The molecule has 0 bridgehead atoms. The van der Waals surface area contributed by atoms with E-state index in [9.17, 15) is 4.79 Å². The standard InChI is InChI=1S/C12H16.C5H8O2/c1-5-10-8-6-7-9-11(10)12(2,3)4;1-3-5(6)7-4-2/h5-9H,1H2,2-4H3;3H,1,4H2,2H3. The van der Waals surface area contributed by atoms with Crippen LogP contribution in [0.5, 0.6) is 0 Å². The fourth-order valence-corrected chi connectivity index (χ4v) is 1.56. The summed E-state index contributed by atoms with van der Waals surface area (Å²) >= 11 is 0. The van der Waals surface area contributed by atoms with Crippen LogP contribution in [0.4, 0.5) is 0 Å². The van der Waals surface area contributed by atoms with Crippen LogP contribution in [0.25, 0.3) is 6.08 Å². The number of hydrogen-bond acceptors (Lipinski definition) is 2. The third-order valence-corrected chi connectivity index (χ3v) is 2.44. The van der Waals surface area contributed by atoms with Gasteiger partial charge in [0.2, 0.25) is 0 Å². The van der Waals surface area contributed by atoms with Crippen molar-refractivity contribution >= 4 is 12.0 Å². The van der Waals surface area contributed by atoms with Crippen LogP contribution in [0.3, 0.4) is 0 Å². The zero-order valence-corrected chi connectivity index (χ0v) is 12.4. The Hall–Kier alpha value is -1.83. The summed E-state index contributed by atoms with van der Waals surface area (Å²) in [5, 5.41) is 0. The first-order chi connectivity index (χ1) is 8.86. The number of rotatable bonds is 3. The highest BCUT2D eigenvalue weighted by Crippen LogP contribution is 2.25. The monoisotopic (exact) mass is 260 g/mol. The average Bonchev–Trinajstić information content (AvgIpc) is 2.38. The van der Waals surface area contributed by atoms with E-state index in [-0.39, 0.29) is 11.4 Å². The summed E-state index contributed by atoms with van der Waals surface area (Å²) in [4.78, 5) is 10.1. The maximum atomic E-state index is 10.1. The van der Waals surface area contributed by atoms with Gasteiger partial charge >= 0.3 is 5.97 Å². The normalized spacial score (nSPS) is 9.89. The molecule has 0 spiro atoms. The lowest BCUT2D eigenvalue weighted by Crippen LogP contribution is -2.12. The lowest BCUT2D eigenvalue weighted by Gasteiger charge is -2.21. The maximum absolute atomic E-state index is 10.1. The predicted molar refractivity (Wildman–Crippen MR) is 82.1 cm³/mol. The molecule has 0 N–H and O–H groups in total. The van der Waals surface area contributed by atoms with E-state index in [4.69, 9.17) is 0 Å². The smallest absolute Gasteiger partial charge is 0.330 e. The Morgan fingerprint density at radius 2 is 1.84 bits per heavy atom. The largest absolute Gasteiger partial charge is 0.463 e. The van der Waals surface area contributed by atoms with Crippen LogP contribution < -0.4 is 0 Å². The van der Waals surface area contributed by atoms with Crippen LogP contribution in [0.1, 0.15) is 38.8 Å². The van der Waals surface area contributed by atoms with Crippen molar-refractivity contribution in [3.8, 4) is 0 Å². The summed E-state index contributed by atoms with van der Waals surface area (Å²) in [5.41, 5.74) is 2.81. The topological polar surface area (TPSA) is 26.3 Å². The minimum Gasteiger partial charge on any atom is -0.463 e. The predicted octanol–water partition coefficient (Wildman–Crippen LogP) is 4.36. The molecule has 0 fully saturated rings. The first kappa shape index (κ1) is 17.2. The number of hydrogen-bond donors (Lipinski definition) is 0. The fourth-order valence-electron chi connectivity index (χ4n) is 1.56. The Labute approximate surface area is 116 Å². The lowest BCUT2D eigenvalue weighted by molar-refractivity contribution is -0.137. The summed E-state index contributed by atoms with van der Waals surface area (Å²) in [6.07, 6.45) is 3.06. The highest BCUT2D eigenvalue weighted by Gasteiger charge is 2.15. The van der Waals surface area contributed by atoms with Gasteiger partial charge in [0.25, 0.3) is 0 Å². The molecule has 0 aliphatic rings. The van der Waals surface area contributed by atoms with Gasteiger partial charge in [-0.1, -0.05) is 64.3 Å². The van der Waals surface area contributed by atoms with E-state index in [0.29, 0.717) is 6.61 Å². The molecule has 2 heteroatoms. The molecular weight excluding hydrogens is 236 g/mol. The van der Waals surface area contributed by atoms with Crippen LogP contribution in [0.15, 0.2) is 43.5 Å². The van der Waals surface area contributed by atoms with Crippen molar-refractivity contribution in [2.24, 2.45) is 0 Å². The zero-order chi connectivity index (χ0) is 14.9. The quantitative estimate of drug-likeness (QED) is 0.596. The molecule has 0 atom stereocenters. The van der Waals surface area contributed by atoms with Crippen molar-refractivity contribution in [1.29, 1.82) is 0 Å². The van der Waals surface area contributed by atoms with Crippen LogP contribution >= 0.6 is 0 Å². The van der Waals surface area contributed by atoms with Crippen LogP contribution in [0, 0.1) is 0 Å². The van der Waals surface area contributed by atoms with Gasteiger partial charge in [-0.05, 0) is 23.5 Å². The van der Waals surface area contributed by atoms with Crippen molar-refractivity contribution in [2.75, 3.05) is 6.61 Å². The van der Waals surface area contributed by atoms with Crippen LogP contribution in [-0.2, 0) is 14.9 Å². The van der Waals surface area contributed by atoms with Crippen LogP contribution in [-0.4, -0.2) is 12.6 Å². The lowest BCUT2D eigenvalue weighted by atomic mass is 9.84. The van der Waals surface area contributed by atoms with Crippen molar-refractivity contribution in [3.05, 3.63) is 54.6 Å². The molecule has 0 saturated carbocycles. The number of carbonyl (C=O) groups is 1. The maximum Gasteiger partial charge on any atom is 0.330 e. The molecule has 0 radical (unpaired) electrons. The van der Waals surface area contributed by atoms with E-state index in [1.54, 1.807) is 6.92 Å². The van der Waals surface area contributed by atoms with E-state index in [1.165, 1.54) is 11.1 Å². The van der Waals surface area contributed by atoms with Gasteiger partial charge in [0.05, 0.1) is 6.61 Å². The Morgan fingerprint density at radius 3 is 2.16 bits per heavy atom. The van der Waals surface area contributed by atoms with Crippen molar-refractivity contribution < 1.29 is 9.53 Å². The summed E-state index contributed by atoms with van der Waals surface area (Å²) in [6, 6.07) is 8.39. The van der Waals surface area contributed by atoms with Gasteiger partial charge in [-0.15, -0.1) is 0 Å². The molecule has 1 aromatic rings. The van der Waals surface area contributed by atoms with E-state index in [2.05, 4.69) is 56.9 Å². The van der Waals surface area contributed by atoms with E-state index >= 15 is 0 Å². The van der Waals surface area contributed by atoms with Crippen molar-refractivity contribution in [1.82, 2.24) is 0 Å². The molecule has 19 heavy (non-hydrogen) atoms. The molecule has 0 aromatic heterocycles. The van der Waals surface area contributed by atoms with E-state index in [0.717, 1.165) is 6.08 Å². The number of ether oxygens (including phenoxy) is 1. The number of carbonyl (C=O) groups excluding carboxylic acids is 1. The highest BCUT2D eigenvalue weighted by atomic mass is 16.5. The number of esters is 1. The second kappa shape index (κ2) is 8.30. The Bertz CT molecular complexity index is 425. The molecule has 0 amide bonds. The second-order valence-electron chi connectivity index (χ2n) is 5.00. The minimum atomic E-state index is -0.359. The highest BCUT2D eigenvalue weighted by molar-refractivity contribution is 5.81. The van der Waals surface area contributed by atoms with Gasteiger partial charge in [-0.2, -0.15) is 0 Å². The molecule has 2 nitrogen and oxygen atoms in total. The molecule has 0 aliphatic heterocycles. The summed E-state index contributed by atoms with van der Waals surface area (Å²) in [6.45, 7) is 15.8. The first-order valence-electron chi connectivity index (χ1n) is 6.38. The SMILES string of the molecule is C=CC(=O)OCC.C=Cc1ccccc1C(C)(C)C. The molecule has 0 unspecified atom stereocenters. The first-order valence-corrected chi connectivity index (χ1v) is 6.38. The van der Waals surface area contributed by atoms with Crippen LogP contribution in [0.2, 0.25) is 0 Å². The summed E-state index contributed by atoms with van der Waals surface area (Å²) in [7, 11) is 0. The third kappa shape index (κ3) is 6.61. The third-order valence-electron chi connectivity index (χ3n) is 2.44. The molecule has 0 saturated heterocycles. The summed E-state index contributed by atoms with van der Waals surface area (Å²) in [5.74, 6) is -0.359.